The van der Waals surface area contributed by atoms with E-state index in [0.29, 0.717) is 0 Å². The Labute approximate surface area is 99.1 Å². The van der Waals surface area contributed by atoms with Gasteiger partial charge in [0.15, 0.2) is 0 Å². The molecule has 0 atom stereocenters. The minimum Gasteiger partial charge on any atom is -0.481 e. The predicted octanol–water partition coefficient (Wildman–Crippen LogP) is 2.66. The van der Waals surface area contributed by atoms with Crippen LogP contribution in [0.4, 0.5) is 0 Å². The van der Waals surface area contributed by atoms with Gasteiger partial charge in [0.05, 0.1) is 5.41 Å². The number of carbonyl (C=O) groups is 1. The maximum absolute atomic E-state index is 11.3. The molecule has 86 valence electrons. The van der Waals surface area contributed by atoms with E-state index < -0.39 is 11.4 Å². The number of hydrogen-bond donors (Lipinski definition) is 1. The predicted molar refractivity (Wildman–Crippen MR) is 65.0 cm³/mol. The lowest BCUT2D eigenvalue weighted by Gasteiger charge is -2.11. The van der Waals surface area contributed by atoms with Crippen LogP contribution in [0.3, 0.4) is 0 Å². The first-order valence-corrected chi connectivity index (χ1v) is 5.72. The second-order valence-electron chi connectivity index (χ2n) is 4.77. The smallest absolute Gasteiger partial charge is 0.314 e. The number of benzene rings is 1. The number of aliphatic carboxylic acids is 1. The molecule has 2 aromatic rings. The average Bonchev–Trinajstić information content (AvgIpc) is 3.09. The average molecular weight is 227 g/mol. The van der Waals surface area contributed by atoms with E-state index in [2.05, 4.69) is 4.98 Å². The van der Waals surface area contributed by atoms with Crippen LogP contribution in [0.1, 0.15) is 24.1 Å². The maximum atomic E-state index is 11.3. The molecule has 0 amide bonds. The van der Waals surface area contributed by atoms with Crippen LogP contribution >= 0.6 is 0 Å². The summed E-state index contributed by atoms with van der Waals surface area (Å²) in [7, 11) is 0. The third kappa shape index (κ3) is 1.50. The molecule has 0 spiro atoms. The number of pyridine rings is 1. The number of hydrogen-bond acceptors (Lipinski definition) is 2. The highest BCUT2D eigenvalue weighted by atomic mass is 16.4. The lowest BCUT2D eigenvalue weighted by molar-refractivity contribution is -0.140. The van der Waals surface area contributed by atoms with Crippen LogP contribution in [0, 0.1) is 6.92 Å². The van der Waals surface area contributed by atoms with E-state index in [4.69, 9.17) is 0 Å². The molecule has 1 fully saturated rings. The van der Waals surface area contributed by atoms with Gasteiger partial charge in [-0.1, -0.05) is 12.1 Å². The molecule has 1 aromatic carbocycles. The van der Waals surface area contributed by atoms with Crippen LogP contribution < -0.4 is 0 Å². The Balaban J connectivity index is 2.15. The summed E-state index contributed by atoms with van der Waals surface area (Å²) in [5, 5.41) is 11.4. The lowest BCUT2D eigenvalue weighted by atomic mass is 9.94. The van der Waals surface area contributed by atoms with Gasteiger partial charge in [-0.3, -0.25) is 9.78 Å². The molecule has 1 aliphatic carbocycles. The van der Waals surface area contributed by atoms with Crippen molar-refractivity contribution >= 4 is 16.7 Å². The lowest BCUT2D eigenvalue weighted by Crippen LogP contribution is -2.19. The number of fused-ring (bicyclic) bond motifs is 1. The van der Waals surface area contributed by atoms with Crippen molar-refractivity contribution in [3.8, 4) is 0 Å². The summed E-state index contributed by atoms with van der Waals surface area (Å²) in [4.78, 5) is 15.5. The van der Waals surface area contributed by atoms with E-state index in [1.807, 2.05) is 37.4 Å². The summed E-state index contributed by atoms with van der Waals surface area (Å²) < 4.78 is 0. The van der Waals surface area contributed by atoms with Gasteiger partial charge in [-0.2, -0.15) is 0 Å². The van der Waals surface area contributed by atoms with Gasteiger partial charge in [0.2, 0.25) is 0 Å². The van der Waals surface area contributed by atoms with Gasteiger partial charge < -0.3 is 5.11 Å². The van der Waals surface area contributed by atoms with Crippen molar-refractivity contribution in [1.29, 1.82) is 0 Å². The molecule has 3 rings (SSSR count). The zero-order chi connectivity index (χ0) is 12.0. The Morgan fingerprint density at radius 3 is 2.71 bits per heavy atom. The Morgan fingerprint density at radius 2 is 2.06 bits per heavy atom. The van der Waals surface area contributed by atoms with Crippen LogP contribution in [-0.2, 0) is 10.2 Å². The number of rotatable bonds is 2. The minimum atomic E-state index is -0.711. The first-order valence-electron chi connectivity index (χ1n) is 5.72. The third-order valence-corrected chi connectivity index (χ3v) is 3.57. The van der Waals surface area contributed by atoms with E-state index in [9.17, 15) is 9.90 Å². The van der Waals surface area contributed by atoms with Crippen LogP contribution in [0.25, 0.3) is 10.8 Å². The fourth-order valence-corrected chi connectivity index (χ4v) is 2.30. The van der Waals surface area contributed by atoms with Gasteiger partial charge in [0, 0.05) is 17.3 Å². The standard InChI is InChI=1S/C14H13NO2/c1-9-6-10-2-3-12(7-11(10)8-15-9)14(4-5-14)13(16)17/h2-3,6-8H,4-5H2,1H3,(H,16,17). The molecule has 1 saturated carbocycles. The van der Waals surface area contributed by atoms with Crippen LogP contribution in [0.5, 0.6) is 0 Å². The Bertz CT molecular complexity index is 615. The summed E-state index contributed by atoms with van der Waals surface area (Å²) >= 11 is 0. The SMILES string of the molecule is Cc1cc2ccc(C3(C(=O)O)CC3)cc2cn1. The van der Waals surface area contributed by atoms with E-state index in [0.717, 1.165) is 34.9 Å². The Hall–Kier alpha value is -1.90. The fraction of sp³-hybridized carbons (Fsp3) is 0.286. The minimum absolute atomic E-state index is 0.626. The summed E-state index contributed by atoms with van der Waals surface area (Å²) in [5.74, 6) is -0.711. The molecule has 3 nitrogen and oxygen atoms in total. The molecule has 17 heavy (non-hydrogen) atoms. The fourth-order valence-electron chi connectivity index (χ4n) is 2.30. The molecule has 1 aromatic heterocycles. The number of carboxylic acid groups (broad SMARTS) is 1. The van der Waals surface area contributed by atoms with E-state index in [1.54, 1.807) is 0 Å². The van der Waals surface area contributed by atoms with E-state index in [-0.39, 0.29) is 0 Å². The van der Waals surface area contributed by atoms with Crippen LogP contribution in [0.2, 0.25) is 0 Å². The highest BCUT2D eigenvalue weighted by Gasteiger charge is 2.51. The van der Waals surface area contributed by atoms with Crippen molar-refractivity contribution in [2.24, 2.45) is 0 Å². The second-order valence-corrected chi connectivity index (χ2v) is 4.77. The van der Waals surface area contributed by atoms with Crippen molar-refractivity contribution in [2.45, 2.75) is 25.2 Å². The molecule has 0 unspecified atom stereocenters. The van der Waals surface area contributed by atoms with Gasteiger partial charge in [0.25, 0.3) is 0 Å². The Kier molecular flexibility index (Phi) is 1.99. The van der Waals surface area contributed by atoms with Crippen molar-refractivity contribution in [1.82, 2.24) is 4.98 Å². The maximum Gasteiger partial charge on any atom is 0.314 e. The summed E-state index contributed by atoms with van der Waals surface area (Å²) in [6, 6.07) is 7.90. The first-order chi connectivity index (χ1) is 8.12. The molecule has 0 bridgehead atoms. The van der Waals surface area contributed by atoms with Gasteiger partial charge in [-0.05, 0) is 42.8 Å². The number of nitrogens with zero attached hydrogens (tertiary/aromatic N) is 1. The molecular formula is C14H13NO2. The van der Waals surface area contributed by atoms with E-state index in [1.165, 1.54) is 0 Å². The van der Waals surface area contributed by atoms with Crippen molar-refractivity contribution < 1.29 is 9.90 Å². The molecule has 0 aliphatic heterocycles. The van der Waals surface area contributed by atoms with Crippen molar-refractivity contribution in [2.75, 3.05) is 0 Å². The quantitative estimate of drug-likeness (QED) is 0.858. The monoisotopic (exact) mass is 227 g/mol. The van der Waals surface area contributed by atoms with Gasteiger partial charge in [-0.15, -0.1) is 0 Å². The topological polar surface area (TPSA) is 50.2 Å². The normalized spacial score (nSPS) is 17.0. The molecule has 3 heteroatoms. The van der Waals surface area contributed by atoms with Gasteiger partial charge in [0.1, 0.15) is 0 Å². The largest absolute Gasteiger partial charge is 0.481 e. The molecule has 1 aliphatic rings. The summed E-state index contributed by atoms with van der Waals surface area (Å²) in [6.45, 7) is 1.95. The first kappa shape index (κ1) is 10.3. The van der Waals surface area contributed by atoms with Crippen molar-refractivity contribution in [3.63, 3.8) is 0 Å². The molecule has 0 radical (unpaired) electrons. The molecule has 1 heterocycles. The van der Waals surface area contributed by atoms with Crippen LogP contribution in [-0.4, -0.2) is 16.1 Å². The number of aromatic nitrogens is 1. The Morgan fingerprint density at radius 1 is 1.29 bits per heavy atom. The van der Waals surface area contributed by atoms with E-state index >= 15 is 0 Å². The molecule has 1 N–H and O–H groups in total. The van der Waals surface area contributed by atoms with Crippen LogP contribution in [0.15, 0.2) is 30.5 Å². The summed E-state index contributed by atoms with van der Waals surface area (Å²) in [6.07, 6.45) is 3.30. The van der Waals surface area contributed by atoms with Crippen molar-refractivity contribution in [3.05, 3.63) is 41.7 Å². The zero-order valence-corrected chi connectivity index (χ0v) is 9.60. The highest BCUT2D eigenvalue weighted by molar-refractivity contribution is 5.89. The zero-order valence-electron chi connectivity index (χ0n) is 9.60. The number of carboxylic acids is 1. The van der Waals surface area contributed by atoms with Gasteiger partial charge >= 0.3 is 5.97 Å². The third-order valence-electron chi connectivity index (χ3n) is 3.57. The molecule has 0 saturated heterocycles. The second kappa shape index (κ2) is 3.29. The summed E-state index contributed by atoms with van der Waals surface area (Å²) in [5.41, 5.74) is 1.26. The van der Waals surface area contributed by atoms with Gasteiger partial charge in [-0.25, -0.2) is 0 Å². The molecular weight excluding hydrogens is 214 g/mol. The highest BCUT2D eigenvalue weighted by Crippen LogP contribution is 2.48. The number of aryl methyl sites for hydroxylation is 1.